The number of carbonyl (C=O) groups excluding carboxylic acids is 1. The summed E-state index contributed by atoms with van der Waals surface area (Å²) < 4.78 is 5.27. The molecule has 2 heteroatoms. The number of ether oxygens (including phenoxy) is 1. The number of allylic oxidation sites excluding steroid dienone is 1. The van der Waals surface area contributed by atoms with Crippen LogP contribution in [0.2, 0.25) is 0 Å². The Morgan fingerprint density at radius 2 is 2.00 bits per heavy atom. The molecule has 1 unspecified atom stereocenters. The summed E-state index contributed by atoms with van der Waals surface area (Å²) in [7, 11) is 0. The van der Waals surface area contributed by atoms with Crippen LogP contribution in [0.3, 0.4) is 0 Å². The highest BCUT2D eigenvalue weighted by Crippen LogP contribution is 2.24. The fourth-order valence-corrected chi connectivity index (χ4v) is 1.89. The minimum Gasteiger partial charge on any atom is -0.454 e. The molecule has 0 N–H and O–H groups in total. The molecule has 1 aromatic carbocycles. The van der Waals surface area contributed by atoms with Gasteiger partial charge in [-0.1, -0.05) is 35.9 Å². The molecule has 1 atom stereocenters. The van der Waals surface area contributed by atoms with Gasteiger partial charge in [-0.3, -0.25) is 0 Å². The van der Waals surface area contributed by atoms with Crippen LogP contribution < -0.4 is 0 Å². The van der Waals surface area contributed by atoms with Crippen LogP contribution in [0, 0.1) is 0 Å². The third-order valence-corrected chi connectivity index (χ3v) is 2.60. The van der Waals surface area contributed by atoms with Crippen LogP contribution in [0.1, 0.15) is 25.8 Å². The zero-order chi connectivity index (χ0) is 12.3. The standard InChI is InChI=1S/C15H16O2/c1-11(2)8-14-10-13(15(16)17-14)9-12-6-4-3-5-7-12/h3-9,14H,10H2,1-2H3/b13-9+. The molecule has 88 valence electrons. The summed E-state index contributed by atoms with van der Waals surface area (Å²) in [6.07, 6.45) is 4.46. The van der Waals surface area contributed by atoms with Gasteiger partial charge < -0.3 is 4.74 Å². The van der Waals surface area contributed by atoms with Crippen molar-refractivity contribution in [2.75, 3.05) is 0 Å². The third-order valence-electron chi connectivity index (χ3n) is 2.60. The van der Waals surface area contributed by atoms with E-state index in [2.05, 4.69) is 0 Å². The van der Waals surface area contributed by atoms with E-state index in [0.717, 1.165) is 11.1 Å². The Balaban J connectivity index is 2.16. The molecular weight excluding hydrogens is 212 g/mol. The lowest BCUT2D eigenvalue weighted by Gasteiger charge is -2.01. The van der Waals surface area contributed by atoms with Crippen molar-refractivity contribution in [3.8, 4) is 0 Å². The van der Waals surface area contributed by atoms with Crippen LogP contribution >= 0.6 is 0 Å². The number of esters is 1. The number of rotatable bonds is 2. The van der Waals surface area contributed by atoms with E-state index in [-0.39, 0.29) is 12.1 Å². The second-order valence-corrected chi connectivity index (χ2v) is 4.47. The summed E-state index contributed by atoms with van der Waals surface area (Å²) in [5.41, 5.74) is 2.96. The van der Waals surface area contributed by atoms with E-state index in [0.29, 0.717) is 6.42 Å². The first-order valence-electron chi connectivity index (χ1n) is 5.77. The topological polar surface area (TPSA) is 26.3 Å². The fraction of sp³-hybridized carbons (Fsp3) is 0.267. The minimum atomic E-state index is -0.198. The number of carbonyl (C=O) groups is 1. The summed E-state index contributed by atoms with van der Waals surface area (Å²) in [6, 6.07) is 9.84. The van der Waals surface area contributed by atoms with Crippen molar-refractivity contribution in [2.24, 2.45) is 0 Å². The van der Waals surface area contributed by atoms with Gasteiger partial charge in [0.2, 0.25) is 0 Å². The molecule has 1 heterocycles. The molecule has 0 amide bonds. The Kier molecular flexibility index (Phi) is 3.43. The monoisotopic (exact) mass is 228 g/mol. The maximum Gasteiger partial charge on any atom is 0.334 e. The van der Waals surface area contributed by atoms with Gasteiger partial charge in [0.05, 0.1) is 0 Å². The lowest BCUT2D eigenvalue weighted by Crippen LogP contribution is -2.02. The highest BCUT2D eigenvalue weighted by Gasteiger charge is 2.26. The van der Waals surface area contributed by atoms with Crippen LogP contribution in [0.4, 0.5) is 0 Å². The van der Waals surface area contributed by atoms with Gasteiger partial charge in [0.1, 0.15) is 6.10 Å². The first-order valence-corrected chi connectivity index (χ1v) is 5.77. The molecule has 0 aliphatic carbocycles. The Hall–Kier alpha value is -1.83. The van der Waals surface area contributed by atoms with Gasteiger partial charge >= 0.3 is 5.97 Å². The predicted molar refractivity (Wildman–Crippen MR) is 68.3 cm³/mol. The smallest absolute Gasteiger partial charge is 0.334 e. The third kappa shape index (κ3) is 3.06. The van der Waals surface area contributed by atoms with Gasteiger partial charge in [0, 0.05) is 12.0 Å². The summed E-state index contributed by atoms with van der Waals surface area (Å²) >= 11 is 0. The lowest BCUT2D eigenvalue weighted by molar-refractivity contribution is -0.137. The number of hydrogen-bond acceptors (Lipinski definition) is 2. The molecule has 0 bridgehead atoms. The highest BCUT2D eigenvalue weighted by atomic mass is 16.5. The molecule has 0 radical (unpaired) electrons. The van der Waals surface area contributed by atoms with E-state index in [9.17, 15) is 4.79 Å². The Morgan fingerprint density at radius 3 is 2.65 bits per heavy atom. The highest BCUT2D eigenvalue weighted by molar-refractivity contribution is 5.95. The maximum atomic E-state index is 11.7. The van der Waals surface area contributed by atoms with Gasteiger partial charge in [-0.15, -0.1) is 0 Å². The van der Waals surface area contributed by atoms with Gasteiger partial charge in [0.15, 0.2) is 0 Å². The molecule has 2 rings (SSSR count). The molecule has 2 nitrogen and oxygen atoms in total. The van der Waals surface area contributed by atoms with E-state index in [1.54, 1.807) is 0 Å². The molecule has 1 saturated heterocycles. The molecule has 1 aromatic rings. The predicted octanol–water partition coefficient (Wildman–Crippen LogP) is 3.35. The van der Waals surface area contributed by atoms with E-state index in [4.69, 9.17) is 4.74 Å². The lowest BCUT2D eigenvalue weighted by atomic mass is 10.1. The number of benzene rings is 1. The Labute approximate surface area is 102 Å². The molecule has 0 spiro atoms. The Bertz CT molecular complexity index is 465. The molecule has 17 heavy (non-hydrogen) atoms. The summed E-state index contributed by atoms with van der Waals surface area (Å²) in [5.74, 6) is -0.198. The van der Waals surface area contributed by atoms with Crippen molar-refractivity contribution < 1.29 is 9.53 Å². The Morgan fingerprint density at radius 1 is 1.29 bits per heavy atom. The quantitative estimate of drug-likeness (QED) is 0.441. The average molecular weight is 228 g/mol. The van der Waals surface area contributed by atoms with Gasteiger partial charge in [0.25, 0.3) is 0 Å². The van der Waals surface area contributed by atoms with Gasteiger partial charge in [-0.25, -0.2) is 4.79 Å². The van der Waals surface area contributed by atoms with E-state index in [1.807, 2.05) is 56.3 Å². The molecule has 1 fully saturated rings. The molecule has 1 aliphatic rings. The SMILES string of the molecule is CC(C)=CC1C/C(=C\c2ccccc2)C(=O)O1. The number of cyclic esters (lactones) is 1. The van der Waals surface area contributed by atoms with Crippen molar-refractivity contribution in [1.82, 2.24) is 0 Å². The zero-order valence-corrected chi connectivity index (χ0v) is 10.1. The van der Waals surface area contributed by atoms with Crippen LogP contribution in [-0.4, -0.2) is 12.1 Å². The number of hydrogen-bond donors (Lipinski definition) is 0. The molecular formula is C15H16O2. The van der Waals surface area contributed by atoms with Crippen molar-refractivity contribution in [2.45, 2.75) is 26.4 Å². The van der Waals surface area contributed by atoms with E-state index < -0.39 is 0 Å². The average Bonchev–Trinajstić information content (AvgIpc) is 2.59. The van der Waals surface area contributed by atoms with Crippen LogP contribution in [-0.2, 0) is 9.53 Å². The minimum absolute atomic E-state index is 0.0949. The summed E-state index contributed by atoms with van der Waals surface area (Å²) in [5, 5.41) is 0. The second kappa shape index (κ2) is 5.00. The molecule has 0 saturated carbocycles. The van der Waals surface area contributed by atoms with Crippen LogP contribution in [0.5, 0.6) is 0 Å². The molecule has 0 aromatic heterocycles. The maximum absolute atomic E-state index is 11.7. The van der Waals surface area contributed by atoms with Crippen molar-refractivity contribution in [3.63, 3.8) is 0 Å². The first-order chi connectivity index (χ1) is 8.15. The van der Waals surface area contributed by atoms with Crippen molar-refractivity contribution in [3.05, 3.63) is 53.1 Å². The summed E-state index contributed by atoms with van der Waals surface area (Å²) in [6.45, 7) is 4.01. The molecule has 1 aliphatic heterocycles. The normalized spacial score (nSPS) is 21.4. The van der Waals surface area contributed by atoms with Gasteiger partial charge in [-0.05, 0) is 31.6 Å². The van der Waals surface area contributed by atoms with E-state index >= 15 is 0 Å². The van der Waals surface area contributed by atoms with Crippen LogP contribution in [0.25, 0.3) is 6.08 Å². The van der Waals surface area contributed by atoms with E-state index in [1.165, 1.54) is 5.57 Å². The summed E-state index contributed by atoms with van der Waals surface area (Å²) in [4.78, 5) is 11.7. The van der Waals surface area contributed by atoms with Crippen molar-refractivity contribution >= 4 is 12.0 Å². The fourth-order valence-electron chi connectivity index (χ4n) is 1.89. The zero-order valence-electron chi connectivity index (χ0n) is 10.1. The first kappa shape index (κ1) is 11.6. The van der Waals surface area contributed by atoms with Crippen LogP contribution in [0.15, 0.2) is 47.6 Å². The van der Waals surface area contributed by atoms with Crippen molar-refractivity contribution in [1.29, 1.82) is 0 Å². The second-order valence-electron chi connectivity index (χ2n) is 4.47. The largest absolute Gasteiger partial charge is 0.454 e. The van der Waals surface area contributed by atoms with Gasteiger partial charge in [-0.2, -0.15) is 0 Å².